The Hall–Kier alpha value is -1.40. The van der Waals surface area contributed by atoms with E-state index in [0.717, 1.165) is 18.0 Å². The molecule has 0 bridgehead atoms. The average Bonchev–Trinajstić information content (AvgIpc) is 3.32. The lowest BCUT2D eigenvalue weighted by molar-refractivity contribution is -0.150. The standard InChI is InChI=1S/C18H28N4O5S3/c1-2-22(14-8-9-30(25,26)12-14)15(23)10-27-16(24)11-28-18-21-20-17(29-18)19-13-6-4-3-5-7-13/h13-14H,2-12H2,1H3,(H,19,20)/t14-/m0/s1. The lowest BCUT2D eigenvalue weighted by Gasteiger charge is -2.26. The van der Waals surface area contributed by atoms with Gasteiger partial charge in [0.05, 0.1) is 17.3 Å². The van der Waals surface area contributed by atoms with Gasteiger partial charge in [-0.15, -0.1) is 10.2 Å². The van der Waals surface area contributed by atoms with E-state index in [1.807, 2.05) is 0 Å². The van der Waals surface area contributed by atoms with E-state index in [2.05, 4.69) is 15.5 Å². The molecule has 12 heteroatoms. The number of amides is 1. The predicted octanol–water partition coefficient (Wildman–Crippen LogP) is 1.95. The van der Waals surface area contributed by atoms with Gasteiger partial charge < -0.3 is 15.0 Å². The highest BCUT2D eigenvalue weighted by Gasteiger charge is 2.34. The zero-order valence-corrected chi connectivity index (χ0v) is 19.5. The highest BCUT2D eigenvalue weighted by Crippen LogP contribution is 2.28. The zero-order chi connectivity index (χ0) is 21.6. The number of anilines is 1. The van der Waals surface area contributed by atoms with Crippen molar-refractivity contribution in [3.63, 3.8) is 0 Å². The summed E-state index contributed by atoms with van der Waals surface area (Å²) in [5.41, 5.74) is 0. The maximum absolute atomic E-state index is 12.4. The first-order valence-electron chi connectivity index (χ1n) is 10.2. The molecule has 3 rings (SSSR count). The molecule has 1 saturated carbocycles. The van der Waals surface area contributed by atoms with E-state index in [0.29, 0.717) is 23.3 Å². The van der Waals surface area contributed by atoms with E-state index in [1.54, 1.807) is 6.92 Å². The molecule has 1 aliphatic carbocycles. The Kier molecular flexibility index (Phi) is 8.35. The summed E-state index contributed by atoms with van der Waals surface area (Å²) in [5.74, 6) is -0.773. The molecule has 0 unspecified atom stereocenters. The summed E-state index contributed by atoms with van der Waals surface area (Å²) in [6, 6.07) is 0.106. The van der Waals surface area contributed by atoms with Crippen LogP contribution in [0.2, 0.25) is 0 Å². The third-order valence-corrected chi connectivity index (χ3v) is 9.03. The van der Waals surface area contributed by atoms with Crippen LogP contribution >= 0.6 is 23.1 Å². The third kappa shape index (κ3) is 6.81. The SMILES string of the molecule is CCN(C(=O)COC(=O)CSc1nnc(NC2CCCCC2)s1)[C@H]1CCS(=O)(=O)C1. The van der Waals surface area contributed by atoms with Crippen molar-refractivity contribution in [1.29, 1.82) is 0 Å². The number of hydrogen-bond acceptors (Lipinski definition) is 10. The van der Waals surface area contributed by atoms with Gasteiger partial charge in [-0.1, -0.05) is 42.4 Å². The number of likely N-dealkylation sites (N-methyl/N-ethyl adjacent to an activating group) is 1. The number of carbonyl (C=O) groups excluding carboxylic acids is 2. The van der Waals surface area contributed by atoms with E-state index < -0.39 is 15.8 Å². The Labute approximate surface area is 185 Å². The average molecular weight is 477 g/mol. The van der Waals surface area contributed by atoms with Crippen molar-refractivity contribution in [2.75, 3.05) is 35.7 Å². The van der Waals surface area contributed by atoms with Gasteiger partial charge >= 0.3 is 5.97 Å². The second kappa shape index (κ2) is 10.8. The Morgan fingerprint density at radius 3 is 2.67 bits per heavy atom. The van der Waals surface area contributed by atoms with Gasteiger partial charge in [-0.3, -0.25) is 9.59 Å². The van der Waals surface area contributed by atoms with Crippen LogP contribution in [0, 0.1) is 0 Å². The summed E-state index contributed by atoms with van der Waals surface area (Å²) < 4.78 is 29.0. The van der Waals surface area contributed by atoms with Gasteiger partial charge in [0.15, 0.2) is 20.8 Å². The third-order valence-electron chi connectivity index (χ3n) is 5.32. The molecule has 1 atom stereocenters. The first kappa shape index (κ1) is 23.3. The van der Waals surface area contributed by atoms with E-state index in [1.165, 1.54) is 47.3 Å². The van der Waals surface area contributed by atoms with Crippen LogP contribution in [0.1, 0.15) is 45.4 Å². The zero-order valence-electron chi connectivity index (χ0n) is 17.0. The summed E-state index contributed by atoms with van der Waals surface area (Å²) in [6.45, 7) is 1.79. The van der Waals surface area contributed by atoms with Gasteiger partial charge in [-0.2, -0.15) is 0 Å². The van der Waals surface area contributed by atoms with Crippen molar-refractivity contribution in [3.8, 4) is 0 Å². The molecule has 30 heavy (non-hydrogen) atoms. The van der Waals surface area contributed by atoms with E-state index in [9.17, 15) is 18.0 Å². The number of thioether (sulfide) groups is 1. The second-order valence-electron chi connectivity index (χ2n) is 7.54. The van der Waals surface area contributed by atoms with Crippen LogP contribution in [-0.4, -0.2) is 77.9 Å². The fourth-order valence-electron chi connectivity index (χ4n) is 3.79. The summed E-state index contributed by atoms with van der Waals surface area (Å²) in [4.78, 5) is 25.9. The molecule has 0 radical (unpaired) electrons. The fourth-order valence-corrected chi connectivity index (χ4v) is 7.15. The molecule has 168 valence electrons. The number of aromatic nitrogens is 2. The monoisotopic (exact) mass is 476 g/mol. The van der Waals surface area contributed by atoms with Crippen LogP contribution in [0.5, 0.6) is 0 Å². The molecule has 2 fully saturated rings. The number of carbonyl (C=O) groups is 2. The van der Waals surface area contributed by atoms with Crippen LogP contribution in [0.25, 0.3) is 0 Å². The lowest BCUT2D eigenvalue weighted by Crippen LogP contribution is -2.43. The smallest absolute Gasteiger partial charge is 0.316 e. The highest BCUT2D eigenvalue weighted by atomic mass is 32.2. The van der Waals surface area contributed by atoms with Gasteiger partial charge in [-0.05, 0) is 26.2 Å². The number of rotatable bonds is 9. The number of hydrogen-bond donors (Lipinski definition) is 1. The molecule has 0 aromatic carbocycles. The van der Waals surface area contributed by atoms with Gasteiger partial charge in [-0.25, -0.2) is 8.42 Å². The van der Waals surface area contributed by atoms with Crippen LogP contribution in [0.4, 0.5) is 5.13 Å². The van der Waals surface area contributed by atoms with Gasteiger partial charge in [0.2, 0.25) is 5.13 Å². The molecule has 1 aliphatic heterocycles. The lowest BCUT2D eigenvalue weighted by atomic mass is 9.96. The van der Waals surface area contributed by atoms with Crippen LogP contribution in [-0.2, 0) is 24.2 Å². The molecule has 2 heterocycles. The van der Waals surface area contributed by atoms with Gasteiger partial charge in [0.1, 0.15) is 0 Å². The summed E-state index contributed by atoms with van der Waals surface area (Å²) >= 11 is 2.64. The quantitative estimate of drug-likeness (QED) is 0.421. The summed E-state index contributed by atoms with van der Waals surface area (Å²) in [6.07, 6.45) is 6.47. The number of sulfone groups is 1. The number of nitrogens with one attached hydrogen (secondary N) is 1. The Bertz CT molecular complexity index is 839. The van der Waals surface area contributed by atoms with E-state index in [-0.39, 0.29) is 35.8 Å². The largest absolute Gasteiger partial charge is 0.455 e. The molecular formula is C18H28N4O5S3. The van der Waals surface area contributed by atoms with Crippen LogP contribution in [0.15, 0.2) is 4.34 Å². The van der Waals surface area contributed by atoms with Gasteiger partial charge in [0, 0.05) is 18.6 Å². The van der Waals surface area contributed by atoms with Crippen molar-refractivity contribution in [1.82, 2.24) is 15.1 Å². The van der Waals surface area contributed by atoms with E-state index >= 15 is 0 Å². The minimum absolute atomic E-state index is 0.0232. The topological polar surface area (TPSA) is 119 Å². The maximum atomic E-state index is 12.4. The predicted molar refractivity (Wildman–Crippen MR) is 117 cm³/mol. The number of esters is 1. The maximum Gasteiger partial charge on any atom is 0.316 e. The first-order chi connectivity index (χ1) is 14.4. The van der Waals surface area contributed by atoms with Crippen molar-refractivity contribution in [3.05, 3.63) is 0 Å². The summed E-state index contributed by atoms with van der Waals surface area (Å²) in [5, 5.41) is 12.4. The number of ether oxygens (including phenoxy) is 1. The molecule has 2 aliphatic rings. The number of nitrogens with zero attached hydrogens (tertiary/aromatic N) is 3. The fraction of sp³-hybridized carbons (Fsp3) is 0.778. The van der Waals surface area contributed by atoms with Crippen molar-refractivity contribution >= 4 is 49.9 Å². The second-order valence-corrected chi connectivity index (χ2v) is 12.0. The molecule has 1 aromatic heterocycles. The molecular weight excluding hydrogens is 448 g/mol. The Balaban J connectivity index is 1.38. The molecule has 1 amide bonds. The highest BCUT2D eigenvalue weighted by molar-refractivity contribution is 8.01. The molecule has 9 nitrogen and oxygen atoms in total. The Morgan fingerprint density at radius 2 is 2.00 bits per heavy atom. The molecule has 1 saturated heterocycles. The normalized spacial score (nSPS) is 21.3. The molecule has 1 N–H and O–H groups in total. The Morgan fingerprint density at radius 1 is 1.23 bits per heavy atom. The van der Waals surface area contributed by atoms with E-state index in [4.69, 9.17) is 4.74 Å². The van der Waals surface area contributed by atoms with Crippen molar-refractivity contribution in [2.45, 2.75) is 61.9 Å². The van der Waals surface area contributed by atoms with Crippen LogP contribution < -0.4 is 5.32 Å². The minimum atomic E-state index is -3.08. The van der Waals surface area contributed by atoms with Crippen molar-refractivity contribution < 1.29 is 22.7 Å². The van der Waals surface area contributed by atoms with Crippen LogP contribution in [0.3, 0.4) is 0 Å². The first-order valence-corrected chi connectivity index (χ1v) is 13.9. The molecule has 0 spiro atoms. The van der Waals surface area contributed by atoms with Gasteiger partial charge in [0.25, 0.3) is 5.91 Å². The minimum Gasteiger partial charge on any atom is -0.455 e. The molecule has 1 aromatic rings. The van der Waals surface area contributed by atoms with Crippen molar-refractivity contribution in [2.24, 2.45) is 0 Å². The summed E-state index contributed by atoms with van der Waals surface area (Å²) in [7, 11) is -3.08.